The molecule has 3 aromatic rings. The van der Waals surface area contributed by atoms with Crippen LogP contribution < -0.4 is 10.6 Å². The molecular formula is C24H29N6O8P. The number of anilines is 1. The van der Waals surface area contributed by atoms with E-state index in [1.807, 2.05) is 43.3 Å². The number of hydrogen-bond acceptors (Lipinski definition) is 9. The van der Waals surface area contributed by atoms with Crippen molar-refractivity contribution >= 4 is 36.9 Å². The number of carbonyl (C=O) groups is 1. The van der Waals surface area contributed by atoms with E-state index in [2.05, 4.69) is 25.6 Å². The van der Waals surface area contributed by atoms with Crippen molar-refractivity contribution in [3.63, 3.8) is 0 Å². The number of unbranched alkanes of at least 4 members (excludes halogenated alkanes) is 1. The molecule has 4 N–H and O–H groups in total. The summed E-state index contributed by atoms with van der Waals surface area (Å²) < 4.78 is 36.0. The second-order valence-electron chi connectivity index (χ2n) is 8.97. The summed E-state index contributed by atoms with van der Waals surface area (Å²) in [4.78, 5) is 43.6. The number of phosphoric ester groups is 1. The van der Waals surface area contributed by atoms with E-state index < -0.39 is 51.3 Å². The molecule has 0 radical (unpaired) electrons. The molecule has 0 spiro atoms. The molecule has 0 aliphatic carbocycles. The number of nitrogens with one attached hydrogen (secondary N) is 2. The van der Waals surface area contributed by atoms with Gasteiger partial charge in [0, 0.05) is 6.54 Å². The van der Waals surface area contributed by atoms with Crippen LogP contribution in [0.3, 0.4) is 0 Å². The van der Waals surface area contributed by atoms with Gasteiger partial charge in [-0.15, -0.1) is 0 Å². The number of imidazole rings is 1. The number of rotatable bonds is 10. The number of fused-ring (bicyclic) bond motifs is 2. The summed E-state index contributed by atoms with van der Waals surface area (Å²) >= 11 is 0. The van der Waals surface area contributed by atoms with Crippen LogP contribution in [-0.2, 0) is 23.3 Å². The van der Waals surface area contributed by atoms with Crippen molar-refractivity contribution in [3.8, 4) is 0 Å². The van der Waals surface area contributed by atoms with E-state index in [0.717, 1.165) is 18.4 Å². The van der Waals surface area contributed by atoms with Gasteiger partial charge in [-0.25, -0.2) is 24.3 Å². The van der Waals surface area contributed by atoms with E-state index in [4.69, 9.17) is 18.7 Å². The SMILES string of the molecule is CCCCNC(=O)Nc1ncnc2c1ncn2C1O[C@H](COP(=O)(O)O)C2OC(/C=C/c3ccccc3)OC21. The number of phosphoric acid groups is 1. The Morgan fingerprint density at radius 3 is 2.72 bits per heavy atom. The van der Waals surface area contributed by atoms with Crippen LogP contribution in [0.4, 0.5) is 10.6 Å². The summed E-state index contributed by atoms with van der Waals surface area (Å²) in [5, 5.41) is 5.45. The Morgan fingerprint density at radius 2 is 1.95 bits per heavy atom. The first-order valence-corrected chi connectivity index (χ1v) is 14.0. The molecular weight excluding hydrogens is 531 g/mol. The number of aromatic nitrogens is 4. The molecule has 2 amide bonds. The average Bonchev–Trinajstić information content (AvgIpc) is 3.61. The van der Waals surface area contributed by atoms with Crippen LogP contribution in [0.1, 0.15) is 31.6 Å². The van der Waals surface area contributed by atoms with Gasteiger partial charge in [0.2, 0.25) is 0 Å². The number of ether oxygens (including phenoxy) is 3. The van der Waals surface area contributed by atoms with Gasteiger partial charge in [0.15, 0.2) is 29.5 Å². The number of amides is 2. The average molecular weight is 561 g/mol. The number of benzene rings is 1. The van der Waals surface area contributed by atoms with Crippen LogP contribution in [-0.4, -0.2) is 73.1 Å². The summed E-state index contributed by atoms with van der Waals surface area (Å²) in [5.41, 5.74) is 1.64. The Labute approximate surface area is 223 Å². The van der Waals surface area contributed by atoms with E-state index in [-0.39, 0.29) is 5.82 Å². The normalized spacial score (nSPS) is 24.8. The molecule has 208 valence electrons. The minimum atomic E-state index is -4.75. The first-order valence-electron chi connectivity index (χ1n) is 12.4. The highest BCUT2D eigenvalue weighted by atomic mass is 31.2. The zero-order chi connectivity index (χ0) is 27.4. The first-order chi connectivity index (χ1) is 18.8. The summed E-state index contributed by atoms with van der Waals surface area (Å²) in [6.07, 6.45) is 4.37. The van der Waals surface area contributed by atoms with Crippen molar-refractivity contribution in [2.24, 2.45) is 0 Å². The Kier molecular flexibility index (Phi) is 8.33. The second kappa shape index (κ2) is 11.9. The minimum absolute atomic E-state index is 0.218. The third-order valence-electron chi connectivity index (χ3n) is 6.20. The van der Waals surface area contributed by atoms with Crippen molar-refractivity contribution in [1.82, 2.24) is 24.8 Å². The highest BCUT2D eigenvalue weighted by molar-refractivity contribution is 7.46. The molecule has 2 aromatic heterocycles. The van der Waals surface area contributed by atoms with E-state index in [1.165, 1.54) is 12.7 Å². The predicted molar refractivity (Wildman–Crippen MR) is 138 cm³/mol. The molecule has 39 heavy (non-hydrogen) atoms. The fourth-order valence-electron chi connectivity index (χ4n) is 4.39. The lowest BCUT2D eigenvalue weighted by Gasteiger charge is -2.20. The van der Waals surface area contributed by atoms with Crippen LogP contribution in [0.25, 0.3) is 17.2 Å². The lowest BCUT2D eigenvalue weighted by Crippen LogP contribution is -2.31. The number of hydrogen-bond donors (Lipinski definition) is 4. The topological polar surface area (TPSA) is 179 Å². The highest BCUT2D eigenvalue weighted by Gasteiger charge is 2.53. The van der Waals surface area contributed by atoms with Gasteiger partial charge in [0.25, 0.3) is 0 Å². The Morgan fingerprint density at radius 1 is 1.15 bits per heavy atom. The fourth-order valence-corrected chi connectivity index (χ4v) is 4.73. The summed E-state index contributed by atoms with van der Waals surface area (Å²) in [6, 6.07) is 9.19. The number of nitrogens with zero attached hydrogens (tertiary/aromatic N) is 4. The Hall–Kier alpha value is -3.23. The summed E-state index contributed by atoms with van der Waals surface area (Å²) in [6.45, 7) is 2.13. The smallest absolute Gasteiger partial charge is 0.347 e. The fraction of sp³-hybridized carbons (Fsp3) is 0.417. The molecule has 2 fully saturated rings. The number of carbonyl (C=O) groups excluding carboxylic acids is 1. The quantitative estimate of drug-likeness (QED) is 0.211. The van der Waals surface area contributed by atoms with Crippen LogP contribution in [0.2, 0.25) is 0 Å². The van der Waals surface area contributed by atoms with Crippen molar-refractivity contribution < 1.29 is 37.9 Å². The molecule has 2 aliphatic heterocycles. The third kappa shape index (κ3) is 6.50. The lowest BCUT2D eigenvalue weighted by atomic mass is 10.1. The molecule has 4 heterocycles. The van der Waals surface area contributed by atoms with Crippen molar-refractivity contribution in [1.29, 1.82) is 0 Å². The van der Waals surface area contributed by atoms with E-state index in [0.29, 0.717) is 17.7 Å². The monoisotopic (exact) mass is 560 g/mol. The number of urea groups is 1. The van der Waals surface area contributed by atoms with Crippen molar-refractivity contribution in [2.75, 3.05) is 18.5 Å². The van der Waals surface area contributed by atoms with Gasteiger partial charge in [-0.1, -0.05) is 49.8 Å². The van der Waals surface area contributed by atoms with Gasteiger partial charge in [0.05, 0.1) is 12.9 Å². The van der Waals surface area contributed by atoms with E-state index in [1.54, 1.807) is 10.6 Å². The van der Waals surface area contributed by atoms with Crippen LogP contribution in [0, 0.1) is 0 Å². The zero-order valence-electron chi connectivity index (χ0n) is 21.0. The van der Waals surface area contributed by atoms with Crippen LogP contribution in [0.15, 0.2) is 49.1 Å². The van der Waals surface area contributed by atoms with Crippen LogP contribution >= 0.6 is 7.82 Å². The molecule has 2 aliphatic rings. The zero-order valence-corrected chi connectivity index (χ0v) is 21.9. The Balaban J connectivity index is 1.38. The van der Waals surface area contributed by atoms with E-state index in [9.17, 15) is 19.1 Å². The molecule has 2 saturated heterocycles. The lowest BCUT2D eigenvalue weighted by molar-refractivity contribution is -0.132. The molecule has 5 rings (SSSR count). The van der Waals surface area contributed by atoms with E-state index >= 15 is 0 Å². The molecule has 0 bridgehead atoms. The molecule has 1 aromatic carbocycles. The maximum Gasteiger partial charge on any atom is 0.469 e. The van der Waals surface area contributed by atoms with Gasteiger partial charge in [-0.2, -0.15) is 0 Å². The largest absolute Gasteiger partial charge is 0.469 e. The summed E-state index contributed by atoms with van der Waals surface area (Å²) in [5.74, 6) is 0.218. The molecule has 5 atom stereocenters. The maximum atomic E-state index is 12.3. The Bertz CT molecular complexity index is 1370. The van der Waals surface area contributed by atoms with Crippen molar-refractivity contribution in [3.05, 3.63) is 54.6 Å². The van der Waals surface area contributed by atoms with Crippen molar-refractivity contribution in [2.45, 2.75) is 50.6 Å². The maximum absolute atomic E-state index is 12.3. The molecule has 4 unspecified atom stereocenters. The predicted octanol–water partition coefficient (Wildman–Crippen LogP) is 2.58. The minimum Gasteiger partial charge on any atom is -0.347 e. The van der Waals surface area contributed by atoms with Gasteiger partial charge < -0.3 is 29.3 Å². The molecule has 0 saturated carbocycles. The molecule has 15 heteroatoms. The van der Waals surface area contributed by atoms with Crippen LogP contribution in [0.5, 0.6) is 0 Å². The molecule has 14 nitrogen and oxygen atoms in total. The summed E-state index contributed by atoms with van der Waals surface area (Å²) in [7, 11) is -4.75. The second-order valence-corrected chi connectivity index (χ2v) is 10.2. The van der Waals surface area contributed by atoms with Gasteiger partial charge >= 0.3 is 13.9 Å². The standard InChI is InChI=1S/C24H29N6O8P/c1-2-3-11-25-24(31)29-21-18-22(27-13-26-21)30(14-28-18)23-20-19(16(36-23)12-35-39(32,33)34)37-17(38-20)10-9-15-7-5-4-6-8-15/h4-10,13-14,16-17,19-20,23H,2-3,11-12H2,1H3,(H2,32,33,34)(H2,25,26,27,29,31)/b10-9+/t16-,17?,19?,20?,23?/m1/s1. The first kappa shape index (κ1) is 27.3. The van der Waals surface area contributed by atoms with Gasteiger partial charge in [-0.3, -0.25) is 14.4 Å². The van der Waals surface area contributed by atoms with Gasteiger partial charge in [-0.05, 0) is 18.1 Å². The van der Waals surface area contributed by atoms with Gasteiger partial charge in [0.1, 0.15) is 24.6 Å². The third-order valence-corrected chi connectivity index (χ3v) is 6.69. The highest BCUT2D eigenvalue weighted by Crippen LogP contribution is 2.43.